The summed E-state index contributed by atoms with van der Waals surface area (Å²) in [6.07, 6.45) is 5.20. The first kappa shape index (κ1) is 14.4. The van der Waals surface area contributed by atoms with Gasteiger partial charge >= 0.3 is 0 Å². The second kappa shape index (κ2) is 5.99. The molecule has 0 aliphatic heterocycles. The van der Waals surface area contributed by atoms with Crippen LogP contribution < -0.4 is 5.32 Å². The molecule has 0 aromatic carbocycles. The molecule has 0 spiro atoms. The number of nitrogens with zero attached hydrogens (tertiary/aromatic N) is 4. The molecule has 1 fully saturated rings. The lowest BCUT2D eigenvalue weighted by atomic mass is 10.0. The summed E-state index contributed by atoms with van der Waals surface area (Å²) in [5, 5.41) is 15.8. The van der Waals surface area contributed by atoms with Gasteiger partial charge in [-0.2, -0.15) is 0 Å². The Bertz CT molecular complexity index is 394. The van der Waals surface area contributed by atoms with E-state index in [1.165, 1.54) is 25.7 Å². The highest BCUT2D eigenvalue weighted by Crippen LogP contribution is 2.50. The van der Waals surface area contributed by atoms with Crippen molar-refractivity contribution in [3.8, 4) is 0 Å². The zero-order chi connectivity index (χ0) is 13.9. The van der Waals surface area contributed by atoms with Gasteiger partial charge in [0.15, 0.2) is 5.82 Å². The van der Waals surface area contributed by atoms with E-state index in [0.29, 0.717) is 11.3 Å². The van der Waals surface area contributed by atoms with Crippen LogP contribution in [0.5, 0.6) is 0 Å². The van der Waals surface area contributed by atoms with Gasteiger partial charge in [0.25, 0.3) is 0 Å². The number of tetrazole rings is 1. The van der Waals surface area contributed by atoms with Gasteiger partial charge in [0, 0.05) is 0 Å². The topological polar surface area (TPSA) is 55.6 Å². The van der Waals surface area contributed by atoms with E-state index in [0.717, 1.165) is 18.9 Å². The molecule has 1 saturated carbocycles. The van der Waals surface area contributed by atoms with Gasteiger partial charge < -0.3 is 5.32 Å². The van der Waals surface area contributed by atoms with E-state index in [1.54, 1.807) is 0 Å². The minimum atomic E-state index is 0.217. The second-order valence-corrected chi connectivity index (χ2v) is 6.47. The number of aromatic nitrogens is 4. The van der Waals surface area contributed by atoms with E-state index in [4.69, 9.17) is 0 Å². The van der Waals surface area contributed by atoms with Crippen molar-refractivity contribution in [2.45, 2.75) is 66.0 Å². The van der Waals surface area contributed by atoms with Crippen molar-refractivity contribution < 1.29 is 0 Å². The monoisotopic (exact) mass is 265 g/mol. The van der Waals surface area contributed by atoms with Crippen molar-refractivity contribution in [1.82, 2.24) is 25.5 Å². The molecule has 5 nitrogen and oxygen atoms in total. The maximum Gasteiger partial charge on any atom is 0.167 e. The molecule has 0 radical (unpaired) electrons. The van der Waals surface area contributed by atoms with Gasteiger partial charge in [0.05, 0.1) is 12.6 Å². The van der Waals surface area contributed by atoms with E-state index in [2.05, 4.69) is 48.5 Å². The van der Waals surface area contributed by atoms with Gasteiger partial charge in [-0.15, -0.1) is 5.10 Å². The molecule has 5 heteroatoms. The van der Waals surface area contributed by atoms with Crippen LogP contribution in [-0.2, 0) is 6.54 Å². The Morgan fingerprint density at radius 3 is 2.63 bits per heavy atom. The van der Waals surface area contributed by atoms with Gasteiger partial charge in [-0.05, 0) is 54.5 Å². The van der Waals surface area contributed by atoms with Gasteiger partial charge in [0.1, 0.15) is 0 Å². The minimum absolute atomic E-state index is 0.217. The van der Waals surface area contributed by atoms with Crippen molar-refractivity contribution in [2.75, 3.05) is 6.54 Å². The second-order valence-electron chi connectivity index (χ2n) is 6.47. The third-order valence-electron chi connectivity index (χ3n) is 4.00. The largest absolute Gasteiger partial charge is 0.307 e. The fourth-order valence-corrected chi connectivity index (χ4v) is 2.65. The number of hydrogen-bond donors (Lipinski definition) is 1. The van der Waals surface area contributed by atoms with E-state index in [1.807, 2.05) is 4.68 Å². The lowest BCUT2D eigenvalue weighted by molar-refractivity contribution is 0.345. The van der Waals surface area contributed by atoms with Crippen LogP contribution in [0, 0.1) is 11.3 Å². The fourth-order valence-electron chi connectivity index (χ4n) is 2.65. The highest BCUT2D eigenvalue weighted by Gasteiger charge is 2.42. The quantitative estimate of drug-likeness (QED) is 0.785. The molecule has 0 bridgehead atoms. The Kier molecular flexibility index (Phi) is 4.55. The Labute approximate surface area is 116 Å². The zero-order valence-corrected chi connectivity index (χ0v) is 12.7. The first-order chi connectivity index (χ1) is 9.06. The predicted octanol–water partition coefficient (Wildman–Crippen LogP) is 2.56. The normalized spacial score (nSPS) is 18.8. The maximum atomic E-state index is 4.21. The van der Waals surface area contributed by atoms with Crippen molar-refractivity contribution >= 4 is 0 Å². The zero-order valence-electron chi connectivity index (χ0n) is 12.7. The summed E-state index contributed by atoms with van der Waals surface area (Å²) in [4.78, 5) is 0. The van der Waals surface area contributed by atoms with Crippen LogP contribution in [-0.4, -0.2) is 26.8 Å². The van der Waals surface area contributed by atoms with Crippen LogP contribution in [0.25, 0.3) is 0 Å². The lowest BCUT2D eigenvalue weighted by Crippen LogP contribution is -2.27. The Morgan fingerprint density at radius 2 is 2.05 bits per heavy atom. The van der Waals surface area contributed by atoms with E-state index < -0.39 is 0 Å². The van der Waals surface area contributed by atoms with Gasteiger partial charge in [-0.3, -0.25) is 0 Å². The molecule has 108 valence electrons. The van der Waals surface area contributed by atoms with Crippen LogP contribution in [0.15, 0.2) is 0 Å². The number of rotatable bonds is 8. The summed E-state index contributed by atoms with van der Waals surface area (Å²) in [7, 11) is 0. The van der Waals surface area contributed by atoms with E-state index in [9.17, 15) is 0 Å². The summed E-state index contributed by atoms with van der Waals surface area (Å²) in [5.74, 6) is 1.62. The molecular formula is C14H27N5. The summed E-state index contributed by atoms with van der Waals surface area (Å²) < 4.78 is 2.01. The molecular weight excluding hydrogens is 238 g/mol. The lowest BCUT2D eigenvalue weighted by Gasteiger charge is -2.18. The predicted molar refractivity (Wildman–Crippen MR) is 75.6 cm³/mol. The standard InChI is InChI=1S/C14H27N5/c1-5-6-14(7-8-14)10-19-13(16-17-18-19)12(4)15-9-11(2)3/h11-12,15H,5-10H2,1-4H3. The van der Waals surface area contributed by atoms with Crippen molar-refractivity contribution in [3.63, 3.8) is 0 Å². The van der Waals surface area contributed by atoms with Crippen molar-refractivity contribution in [3.05, 3.63) is 5.82 Å². The third-order valence-corrected chi connectivity index (χ3v) is 4.00. The highest BCUT2D eigenvalue weighted by molar-refractivity contribution is 4.97. The molecule has 1 N–H and O–H groups in total. The summed E-state index contributed by atoms with van der Waals surface area (Å²) in [6, 6.07) is 0.217. The number of hydrogen-bond acceptors (Lipinski definition) is 4. The van der Waals surface area contributed by atoms with Crippen LogP contribution in [0.4, 0.5) is 0 Å². The average Bonchev–Trinajstić information content (AvgIpc) is 2.95. The summed E-state index contributed by atoms with van der Waals surface area (Å²) in [6.45, 7) is 10.8. The first-order valence-corrected chi connectivity index (χ1v) is 7.56. The van der Waals surface area contributed by atoms with Crippen LogP contribution in [0.2, 0.25) is 0 Å². The molecule has 1 aromatic rings. The molecule has 1 unspecified atom stereocenters. The Hall–Kier alpha value is -0.970. The molecule has 1 aromatic heterocycles. The van der Waals surface area contributed by atoms with E-state index in [-0.39, 0.29) is 6.04 Å². The molecule has 1 atom stereocenters. The minimum Gasteiger partial charge on any atom is -0.307 e. The molecule has 1 heterocycles. The van der Waals surface area contributed by atoms with Gasteiger partial charge in [-0.25, -0.2) is 4.68 Å². The molecule has 19 heavy (non-hydrogen) atoms. The van der Waals surface area contributed by atoms with Crippen LogP contribution >= 0.6 is 0 Å². The Balaban J connectivity index is 1.97. The molecule has 2 rings (SSSR count). The average molecular weight is 265 g/mol. The van der Waals surface area contributed by atoms with Gasteiger partial charge in [-0.1, -0.05) is 27.2 Å². The molecule has 1 aliphatic carbocycles. The SMILES string of the molecule is CCCC1(Cn2nnnc2C(C)NCC(C)C)CC1. The molecule has 0 amide bonds. The highest BCUT2D eigenvalue weighted by atomic mass is 15.5. The third kappa shape index (κ3) is 3.75. The van der Waals surface area contributed by atoms with E-state index >= 15 is 0 Å². The fraction of sp³-hybridized carbons (Fsp3) is 0.929. The van der Waals surface area contributed by atoms with Crippen LogP contribution in [0.3, 0.4) is 0 Å². The molecule has 1 aliphatic rings. The van der Waals surface area contributed by atoms with Crippen molar-refractivity contribution in [1.29, 1.82) is 0 Å². The van der Waals surface area contributed by atoms with Crippen LogP contribution in [0.1, 0.15) is 65.2 Å². The smallest absolute Gasteiger partial charge is 0.167 e. The summed E-state index contributed by atoms with van der Waals surface area (Å²) in [5.41, 5.74) is 0.483. The first-order valence-electron chi connectivity index (χ1n) is 7.56. The Morgan fingerprint density at radius 1 is 1.32 bits per heavy atom. The van der Waals surface area contributed by atoms with Crippen molar-refractivity contribution in [2.24, 2.45) is 11.3 Å². The van der Waals surface area contributed by atoms with Gasteiger partial charge in [0.2, 0.25) is 0 Å². The summed E-state index contributed by atoms with van der Waals surface area (Å²) >= 11 is 0. The number of nitrogens with one attached hydrogen (secondary N) is 1. The molecule has 0 saturated heterocycles. The maximum absolute atomic E-state index is 4.21.